The summed E-state index contributed by atoms with van der Waals surface area (Å²) in [5.74, 6) is 0.618. The molecule has 0 fully saturated rings. The van der Waals surface area contributed by atoms with Gasteiger partial charge < -0.3 is 9.64 Å². The molecule has 0 aromatic heterocycles. The zero-order chi connectivity index (χ0) is 24.3. The first-order valence-corrected chi connectivity index (χ1v) is 11.7. The van der Waals surface area contributed by atoms with Crippen LogP contribution in [0.25, 0.3) is 10.9 Å². The van der Waals surface area contributed by atoms with Crippen LogP contribution in [-0.4, -0.2) is 13.6 Å². The second-order valence-electron chi connectivity index (χ2n) is 8.88. The smallest absolute Gasteiger partial charge is 0.265 e. The zero-order valence-corrected chi connectivity index (χ0v) is 19.6. The van der Waals surface area contributed by atoms with Crippen molar-refractivity contribution in [3.05, 3.63) is 142 Å². The van der Waals surface area contributed by atoms with Crippen molar-refractivity contribution in [3.8, 4) is 6.07 Å². The van der Waals surface area contributed by atoms with Crippen molar-refractivity contribution >= 4 is 11.8 Å². The van der Waals surface area contributed by atoms with Crippen LogP contribution in [0.4, 0.5) is 5.69 Å². The van der Waals surface area contributed by atoms with E-state index < -0.39 is 5.60 Å². The molecule has 0 bridgehead atoms. The predicted molar refractivity (Wildman–Crippen MR) is 139 cm³/mol. The third-order valence-corrected chi connectivity index (χ3v) is 6.72. The second kappa shape index (κ2) is 9.37. The summed E-state index contributed by atoms with van der Waals surface area (Å²) in [6, 6.07) is 28.6. The zero-order valence-electron chi connectivity index (χ0n) is 19.6. The van der Waals surface area contributed by atoms with Gasteiger partial charge in [0.05, 0.1) is 12.6 Å². The molecule has 5 rings (SSSR count). The Bertz CT molecular complexity index is 1360. The molecule has 4 heteroatoms. The number of rotatable bonds is 4. The van der Waals surface area contributed by atoms with Crippen LogP contribution >= 0.6 is 0 Å². The molecule has 3 aromatic carbocycles. The third-order valence-electron chi connectivity index (χ3n) is 6.72. The van der Waals surface area contributed by atoms with Crippen LogP contribution in [0.15, 0.2) is 108 Å². The van der Waals surface area contributed by atoms with E-state index in [0.717, 1.165) is 29.7 Å². The lowest BCUT2D eigenvalue weighted by Gasteiger charge is -2.39. The van der Waals surface area contributed by atoms with Crippen LogP contribution in [-0.2, 0) is 16.8 Å². The van der Waals surface area contributed by atoms with Gasteiger partial charge in [0.1, 0.15) is 5.76 Å². The predicted octanol–water partition coefficient (Wildman–Crippen LogP) is 6.64. The van der Waals surface area contributed by atoms with Gasteiger partial charge in [-0.1, -0.05) is 72.8 Å². The molecule has 4 nitrogen and oxygen atoms in total. The fraction of sp³-hybridized carbons (Fsp3) is 0.161. The number of nitriles is 1. The number of benzene rings is 3. The van der Waals surface area contributed by atoms with Crippen LogP contribution in [0.2, 0.25) is 0 Å². The van der Waals surface area contributed by atoms with Crippen molar-refractivity contribution in [2.24, 2.45) is 0 Å². The highest BCUT2D eigenvalue weighted by molar-refractivity contribution is 5.64. The largest absolute Gasteiger partial charge is 0.478 e. The van der Waals surface area contributed by atoms with Crippen molar-refractivity contribution < 1.29 is 4.74 Å². The van der Waals surface area contributed by atoms with Crippen LogP contribution < -0.4 is 4.90 Å². The number of anilines is 1. The minimum absolute atomic E-state index is 0.0935. The van der Waals surface area contributed by atoms with Gasteiger partial charge >= 0.3 is 0 Å². The maximum absolute atomic E-state index is 9.68. The molecule has 0 saturated heterocycles. The lowest BCUT2D eigenvalue weighted by atomic mass is 9.79. The number of likely N-dealkylation sites (N-methyl/N-ethyl adjacent to an activating group) is 1. The fourth-order valence-electron chi connectivity index (χ4n) is 4.93. The van der Waals surface area contributed by atoms with E-state index in [-0.39, 0.29) is 5.70 Å². The van der Waals surface area contributed by atoms with Crippen LogP contribution in [0.1, 0.15) is 28.7 Å². The molecule has 35 heavy (non-hydrogen) atoms. The van der Waals surface area contributed by atoms with E-state index >= 15 is 0 Å². The van der Waals surface area contributed by atoms with Crippen molar-refractivity contribution in [2.45, 2.75) is 18.4 Å². The SMILES string of the molecule is [C-]#[N+]C(C#N)=C1C=C(C=Cc2ccc3c(c2)CCN3C)OC(c2ccccc2)(c2ccccc2)C1. The Kier molecular flexibility index (Phi) is 5.96. The van der Waals surface area contributed by atoms with E-state index in [2.05, 4.69) is 41.1 Å². The van der Waals surface area contributed by atoms with Gasteiger partial charge in [-0.3, -0.25) is 0 Å². The van der Waals surface area contributed by atoms with Gasteiger partial charge in [0.25, 0.3) is 5.70 Å². The maximum atomic E-state index is 9.68. The van der Waals surface area contributed by atoms with Crippen molar-refractivity contribution in [2.75, 3.05) is 18.5 Å². The van der Waals surface area contributed by atoms with E-state index in [1.54, 1.807) is 0 Å². The fourth-order valence-corrected chi connectivity index (χ4v) is 4.93. The Morgan fingerprint density at radius 1 is 1.03 bits per heavy atom. The number of nitrogens with zero attached hydrogens (tertiary/aromatic N) is 3. The van der Waals surface area contributed by atoms with E-state index in [9.17, 15) is 5.26 Å². The minimum atomic E-state index is -0.848. The summed E-state index contributed by atoms with van der Waals surface area (Å²) >= 11 is 0. The van der Waals surface area contributed by atoms with E-state index in [0.29, 0.717) is 17.8 Å². The number of fused-ring (bicyclic) bond motifs is 1. The Hall–Kier alpha value is -4.54. The molecule has 0 aliphatic carbocycles. The molecule has 0 atom stereocenters. The van der Waals surface area contributed by atoms with Gasteiger partial charge in [-0.15, -0.1) is 0 Å². The molecule has 2 aliphatic heterocycles. The second-order valence-corrected chi connectivity index (χ2v) is 8.88. The Labute approximate surface area is 206 Å². The van der Waals surface area contributed by atoms with E-state index in [1.807, 2.05) is 78.9 Å². The third kappa shape index (κ3) is 4.23. The molecule has 0 N–H and O–H groups in total. The van der Waals surface area contributed by atoms with E-state index in [1.165, 1.54) is 11.3 Å². The average molecular weight is 456 g/mol. The monoisotopic (exact) mass is 455 g/mol. The molecule has 3 aromatic rings. The van der Waals surface area contributed by atoms with Crippen molar-refractivity contribution in [1.29, 1.82) is 5.26 Å². The molecule has 2 aliphatic rings. The van der Waals surface area contributed by atoms with Gasteiger partial charge in [-0.2, -0.15) is 0 Å². The summed E-state index contributed by atoms with van der Waals surface area (Å²) in [5.41, 5.74) is 5.60. The topological polar surface area (TPSA) is 40.6 Å². The van der Waals surface area contributed by atoms with Gasteiger partial charge in [-0.25, -0.2) is 10.1 Å². The van der Waals surface area contributed by atoms with Gasteiger partial charge in [0.15, 0.2) is 5.60 Å². The highest BCUT2D eigenvalue weighted by atomic mass is 16.5. The lowest BCUT2D eigenvalue weighted by Crippen LogP contribution is -2.34. The van der Waals surface area contributed by atoms with Crippen LogP contribution in [0, 0.1) is 17.9 Å². The number of ether oxygens (including phenoxy) is 1. The van der Waals surface area contributed by atoms with Gasteiger partial charge in [0, 0.05) is 36.8 Å². The summed E-state index contributed by atoms with van der Waals surface area (Å²) in [7, 11) is 2.12. The summed E-state index contributed by atoms with van der Waals surface area (Å²) in [4.78, 5) is 5.79. The highest BCUT2D eigenvalue weighted by Crippen LogP contribution is 2.45. The maximum Gasteiger partial charge on any atom is 0.265 e. The number of hydrogen-bond donors (Lipinski definition) is 0. The molecular weight excluding hydrogens is 430 g/mol. The van der Waals surface area contributed by atoms with Crippen molar-refractivity contribution in [3.63, 3.8) is 0 Å². The first-order valence-electron chi connectivity index (χ1n) is 11.7. The first kappa shape index (κ1) is 22.3. The van der Waals surface area contributed by atoms with Gasteiger partial charge in [-0.05, 0) is 47.4 Å². The van der Waals surface area contributed by atoms with Gasteiger partial charge in [0.2, 0.25) is 0 Å². The molecule has 0 saturated carbocycles. The standard InChI is InChI=1S/C31H25N3O/c1-33-29(22-32)25-20-28(15-13-23-14-16-30-24(19-23)17-18-34(30)2)35-31(21-25,26-9-5-3-6-10-26)27-11-7-4-8-12-27/h3-16,19-20H,17-18,21H2,2H3. The highest BCUT2D eigenvalue weighted by Gasteiger charge is 2.40. The number of allylic oxidation sites excluding steroid dienone is 3. The summed E-state index contributed by atoms with van der Waals surface area (Å²) in [6.07, 6.45) is 7.26. The summed E-state index contributed by atoms with van der Waals surface area (Å²) in [6.45, 7) is 8.61. The lowest BCUT2D eigenvalue weighted by molar-refractivity contribution is 0.0348. The molecule has 2 heterocycles. The quantitative estimate of drug-likeness (QED) is 0.327. The van der Waals surface area contributed by atoms with E-state index in [4.69, 9.17) is 11.3 Å². The summed E-state index contributed by atoms with van der Waals surface area (Å²) < 4.78 is 6.77. The molecular formula is C31H25N3O. The first-order chi connectivity index (χ1) is 17.1. The Balaban J connectivity index is 1.61. The Morgan fingerprint density at radius 2 is 1.71 bits per heavy atom. The normalized spacial score (nSPS) is 17.7. The minimum Gasteiger partial charge on any atom is -0.478 e. The van der Waals surface area contributed by atoms with Crippen LogP contribution in [0.5, 0.6) is 0 Å². The average Bonchev–Trinajstić information content (AvgIpc) is 3.29. The number of hydrogen-bond acceptors (Lipinski definition) is 3. The molecule has 0 radical (unpaired) electrons. The van der Waals surface area contributed by atoms with Crippen LogP contribution in [0.3, 0.4) is 0 Å². The molecule has 0 spiro atoms. The summed E-state index contributed by atoms with van der Waals surface area (Å²) in [5, 5.41) is 9.68. The van der Waals surface area contributed by atoms with Crippen molar-refractivity contribution in [1.82, 2.24) is 0 Å². The molecule has 0 unspecified atom stereocenters. The molecule has 170 valence electrons. The molecule has 0 amide bonds. The Morgan fingerprint density at radius 3 is 2.34 bits per heavy atom.